The zero-order valence-electron chi connectivity index (χ0n) is 11.2. The standard InChI is InChI=1S/C13H19FN2O3S/c14-12-5-4-6-13(11-12)16(9-10-17)20(18,19)15-7-2-1-3-8-15/h4-6,11,17H,1-3,7-10H2. The summed E-state index contributed by atoms with van der Waals surface area (Å²) in [6.07, 6.45) is 2.68. The molecule has 0 amide bonds. The predicted molar refractivity (Wildman–Crippen MR) is 75.2 cm³/mol. The van der Waals surface area contributed by atoms with Gasteiger partial charge in [0.25, 0.3) is 0 Å². The van der Waals surface area contributed by atoms with Crippen LogP contribution in [0.3, 0.4) is 0 Å². The van der Waals surface area contributed by atoms with Crippen molar-refractivity contribution in [3.05, 3.63) is 30.1 Å². The fourth-order valence-corrected chi connectivity index (χ4v) is 4.03. The van der Waals surface area contributed by atoms with Crippen molar-refractivity contribution in [3.63, 3.8) is 0 Å². The molecule has 0 unspecified atom stereocenters. The summed E-state index contributed by atoms with van der Waals surface area (Å²) >= 11 is 0. The molecule has 7 heteroatoms. The minimum absolute atomic E-state index is 0.0811. The van der Waals surface area contributed by atoms with Crippen molar-refractivity contribution in [2.24, 2.45) is 0 Å². The smallest absolute Gasteiger partial charge is 0.304 e. The van der Waals surface area contributed by atoms with Crippen LogP contribution < -0.4 is 4.31 Å². The summed E-state index contributed by atoms with van der Waals surface area (Å²) in [5.41, 5.74) is 0.240. The van der Waals surface area contributed by atoms with E-state index < -0.39 is 16.0 Å². The predicted octanol–water partition coefficient (Wildman–Crippen LogP) is 1.36. The number of aliphatic hydroxyl groups excluding tert-OH is 1. The molecular formula is C13H19FN2O3S. The highest BCUT2D eigenvalue weighted by molar-refractivity contribution is 7.90. The van der Waals surface area contributed by atoms with E-state index in [1.807, 2.05) is 0 Å². The molecule has 0 saturated carbocycles. The van der Waals surface area contributed by atoms with E-state index in [1.165, 1.54) is 22.5 Å². The second-order valence-corrected chi connectivity index (χ2v) is 6.60. The SMILES string of the molecule is O=S(=O)(N1CCCCC1)N(CCO)c1cccc(F)c1. The number of hydrogen-bond acceptors (Lipinski definition) is 3. The number of aliphatic hydroxyl groups is 1. The second kappa shape index (κ2) is 6.51. The van der Waals surface area contributed by atoms with Crippen LogP contribution in [-0.4, -0.2) is 44.1 Å². The van der Waals surface area contributed by atoms with Gasteiger partial charge >= 0.3 is 10.2 Å². The average molecular weight is 302 g/mol. The minimum Gasteiger partial charge on any atom is -0.394 e. The van der Waals surface area contributed by atoms with E-state index in [0.29, 0.717) is 13.1 Å². The summed E-state index contributed by atoms with van der Waals surface area (Å²) in [6.45, 7) is 0.547. The van der Waals surface area contributed by atoms with Crippen molar-refractivity contribution < 1.29 is 17.9 Å². The zero-order valence-corrected chi connectivity index (χ0v) is 12.0. The lowest BCUT2D eigenvalue weighted by Crippen LogP contribution is -2.47. The normalized spacial score (nSPS) is 17.1. The quantitative estimate of drug-likeness (QED) is 0.893. The van der Waals surface area contributed by atoms with Gasteiger partial charge in [-0.3, -0.25) is 4.31 Å². The molecular weight excluding hydrogens is 283 g/mol. The van der Waals surface area contributed by atoms with Gasteiger partial charge in [0.2, 0.25) is 0 Å². The highest BCUT2D eigenvalue weighted by atomic mass is 32.2. The second-order valence-electron chi connectivity index (χ2n) is 4.74. The van der Waals surface area contributed by atoms with Crippen LogP contribution in [0, 0.1) is 5.82 Å². The number of halogens is 1. The first-order chi connectivity index (χ1) is 9.55. The molecule has 112 valence electrons. The van der Waals surface area contributed by atoms with Gasteiger partial charge in [-0.1, -0.05) is 12.5 Å². The van der Waals surface area contributed by atoms with Crippen molar-refractivity contribution >= 4 is 15.9 Å². The molecule has 20 heavy (non-hydrogen) atoms. The molecule has 1 fully saturated rings. The molecule has 0 aromatic heterocycles. The maximum Gasteiger partial charge on any atom is 0.304 e. The van der Waals surface area contributed by atoms with Crippen molar-refractivity contribution in [1.82, 2.24) is 4.31 Å². The molecule has 0 bridgehead atoms. The van der Waals surface area contributed by atoms with Crippen LogP contribution in [0.4, 0.5) is 10.1 Å². The highest BCUT2D eigenvalue weighted by Gasteiger charge is 2.30. The topological polar surface area (TPSA) is 60.9 Å². The highest BCUT2D eigenvalue weighted by Crippen LogP contribution is 2.23. The van der Waals surface area contributed by atoms with Gasteiger partial charge in [0.05, 0.1) is 18.8 Å². The lowest BCUT2D eigenvalue weighted by molar-refractivity contribution is 0.302. The van der Waals surface area contributed by atoms with Crippen molar-refractivity contribution in [3.8, 4) is 0 Å². The summed E-state index contributed by atoms with van der Waals surface area (Å²) < 4.78 is 41.0. The lowest BCUT2D eigenvalue weighted by Gasteiger charge is -2.33. The molecule has 0 aliphatic carbocycles. The Kier molecular flexibility index (Phi) is 4.95. The Hall–Kier alpha value is -1.18. The molecule has 0 atom stereocenters. The Morgan fingerprint density at radius 1 is 1.25 bits per heavy atom. The van der Waals surface area contributed by atoms with Gasteiger partial charge in [0, 0.05) is 13.1 Å². The molecule has 2 rings (SSSR count). The summed E-state index contributed by atoms with van der Waals surface area (Å²) in [7, 11) is -3.72. The molecule has 1 heterocycles. The van der Waals surface area contributed by atoms with Gasteiger partial charge in [-0.2, -0.15) is 12.7 Å². The largest absolute Gasteiger partial charge is 0.394 e. The number of nitrogens with zero attached hydrogens (tertiary/aromatic N) is 2. The first-order valence-corrected chi connectivity index (χ1v) is 8.09. The lowest BCUT2D eigenvalue weighted by atomic mass is 10.2. The third kappa shape index (κ3) is 3.28. The van der Waals surface area contributed by atoms with Gasteiger partial charge < -0.3 is 5.11 Å². The van der Waals surface area contributed by atoms with E-state index in [9.17, 15) is 12.8 Å². The third-order valence-electron chi connectivity index (χ3n) is 3.32. The average Bonchev–Trinajstić information content (AvgIpc) is 2.45. The van der Waals surface area contributed by atoms with E-state index in [0.717, 1.165) is 29.6 Å². The van der Waals surface area contributed by atoms with Crippen molar-refractivity contribution in [2.45, 2.75) is 19.3 Å². The molecule has 1 aromatic rings. The van der Waals surface area contributed by atoms with Gasteiger partial charge in [-0.15, -0.1) is 0 Å². The molecule has 1 aromatic carbocycles. The Bertz CT molecular complexity index is 544. The molecule has 1 N–H and O–H groups in total. The first-order valence-electron chi connectivity index (χ1n) is 6.70. The van der Waals surface area contributed by atoms with E-state index in [-0.39, 0.29) is 18.8 Å². The molecule has 1 aliphatic rings. The molecule has 0 spiro atoms. The molecule has 5 nitrogen and oxygen atoms in total. The van der Waals surface area contributed by atoms with Crippen LogP contribution in [0.15, 0.2) is 24.3 Å². The molecule has 0 radical (unpaired) electrons. The molecule has 1 aliphatic heterocycles. The zero-order chi connectivity index (χ0) is 14.6. The van der Waals surface area contributed by atoms with E-state index in [2.05, 4.69) is 0 Å². The van der Waals surface area contributed by atoms with E-state index in [4.69, 9.17) is 5.11 Å². The first kappa shape index (κ1) is 15.2. The minimum atomic E-state index is -3.72. The van der Waals surface area contributed by atoms with Crippen LogP contribution in [0.5, 0.6) is 0 Å². The maximum absolute atomic E-state index is 13.3. The van der Waals surface area contributed by atoms with Crippen LogP contribution in [0.25, 0.3) is 0 Å². The van der Waals surface area contributed by atoms with Crippen molar-refractivity contribution in [2.75, 3.05) is 30.5 Å². The number of piperidine rings is 1. The van der Waals surface area contributed by atoms with Crippen LogP contribution in [-0.2, 0) is 10.2 Å². The van der Waals surface area contributed by atoms with E-state index >= 15 is 0 Å². The van der Waals surface area contributed by atoms with Crippen LogP contribution >= 0.6 is 0 Å². The summed E-state index contributed by atoms with van der Waals surface area (Å²) in [6, 6.07) is 5.41. The summed E-state index contributed by atoms with van der Waals surface area (Å²) in [5, 5.41) is 9.11. The maximum atomic E-state index is 13.3. The molecule has 1 saturated heterocycles. The monoisotopic (exact) mass is 302 g/mol. The number of anilines is 1. The Labute approximate surface area is 118 Å². The van der Waals surface area contributed by atoms with Gasteiger partial charge in [0.15, 0.2) is 0 Å². The fourth-order valence-electron chi connectivity index (χ4n) is 2.33. The number of benzene rings is 1. The number of rotatable bonds is 5. The summed E-state index contributed by atoms with van der Waals surface area (Å²) in [4.78, 5) is 0. The van der Waals surface area contributed by atoms with Crippen LogP contribution in [0.2, 0.25) is 0 Å². The summed E-state index contributed by atoms with van der Waals surface area (Å²) in [5.74, 6) is -0.501. The van der Waals surface area contributed by atoms with Crippen LogP contribution in [0.1, 0.15) is 19.3 Å². The van der Waals surface area contributed by atoms with Gasteiger partial charge in [-0.05, 0) is 31.0 Å². The van der Waals surface area contributed by atoms with E-state index in [1.54, 1.807) is 0 Å². The fraction of sp³-hybridized carbons (Fsp3) is 0.538. The Morgan fingerprint density at radius 2 is 1.95 bits per heavy atom. The van der Waals surface area contributed by atoms with Gasteiger partial charge in [0.1, 0.15) is 5.82 Å². The third-order valence-corrected chi connectivity index (χ3v) is 5.29. The Morgan fingerprint density at radius 3 is 2.55 bits per heavy atom. The van der Waals surface area contributed by atoms with Crippen molar-refractivity contribution in [1.29, 1.82) is 0 Å². The number of hydrogen-bond donors (Lipinski definition) is 1. The Balaban J connectivity index is 2.31. The van der Waals surface area contributed by atoms with Gasteiger partial charge in [-0.25, -0.2) is 4.39 Å².